The molecule has 1 aliphatic rings. The summed E-state index contributed by atoms with van der Waals surface area (Å²) in [4.78, 5) is 0. The first-order valence-corrected chi connectivity index (χ1v) is 4.09. The molecule has 0 aliphatic heterocycles. The van der Waals surface area contributed by atoms with Gasteiger partial charge in [-0.1, -0.05) is 24.8 Å². The van der Waals surface area contributed by atoms with Gasteiger partial charge in [0.15, 0.2) is 0 Å². The SMILES string of the molecule is C#C/C1=C/CCCCCC1. The van der Waals surface area contributed by atoms with Crippen LogP contribution < -0.4 is 0 Å². The molecule has 0 fully saturated rings. The molecule has 0 aromatic carbocycles. The summed E-state index contributed by atoms with van der Waals surface area (Å²) in [5.74, 6) is 2.73. The van der Waals surface area contributed by atoms with Crippen LogP contribution in [0.2, 0.25) is 0 Å². The monoisotopic (exact) mass is 134 g/mol. The molecule has 0 amide bonds. The number of allylic oxidation sites excluding steroid dienone is 2. The highest BCUT2D eigenvalue weighted by Crippen LogP contribution is 2.15. The van der Waals surface area contributed by atoms with E-state index in [1.165, 1.54) is 37.7 Å². The molecule has 0 radical (unpaired) electrons. The summed E-state index contributed by atoms with van der Waals surface area (Å²) in [7, 11) is 0. The van der Waals surface area contributed by atoms with E-state index in [4.69, 9.17) is 6.42 Å². The van der Waals surface area contributed by atoms with Gasteiger partial charge in [0.25, 0.3) is 0 Å². The fourth-order valence-electron chi connectivity index (χ4n) is 1.32. The smallest absolute Gasteiger partial charge is 0.00223 e. The summed E-state index contributed by atoms with van der Waals surface area (Å²) in [6, 6.07) is 0. The number of terminal acetylenes is 1. The van der Waals surface area contributed by atoms with Gasteiger partial charge in [0.2, 0.25) is 0 Å². The predicted molar refractivity (Wildman–Crippen MR) is 44.6 cm³/mol. The Balaban J connectivity index is 2.45. The zero-order valence-corrected chi connectivity index (χ0v) is 6.40. The summed E-state index contributed by atoms with van der Waals surface area (Å²) in [6.07, 6.45) is 15.2. The van der Waals surface area contributed by atoms with Crippen LogP contribution >= 0.6 is 0 Å². The molecule has 0 N–H and O–H groups in total. The summed E-state index contributed by atoms with van der Waals surface area (Å²) in [5.41, 5.74) is 1.22. The van der Waals surface area contributed by atoms with Crippen LogP contribution in [0.1, 0.15) is 38.5 Å². The van der Waals surface area contributed by atoms with Crippen LogP contribution in [-0.2, 0) is 0 Å². The minimum Gasteiger partial charge on any atom is -0.115 e. The van der Waals surface area contributed by atoms with Crippen molar-refractivity contribution in [1.82, 2.24) is 0 Å². The lowest BCUT2D eigenvalue weighted by atomic mass is 10.0. The van der Waals surface area contributed by atoms with Crippen molar-refractivity contribution in [3.8, 4) is 12.3 Å². The van der Waals surface area contributed by atoms with Gasteiger partial charge >= 0.3 is 0 Å². The van der Waals surface area contributed by atoms with Gasteiger partial charge in [-0.05, 0) is 31.3 Å². The number of rotatable bonds is 0. The van der Waals surface area contributed by atoms with Crippen molar-refractivity contribution in [1.29, 1.82) is 0 Å². The predicted octanol–water partition coefficient (Wildman–Crippen LogP) is 2.90. The van der Waals surface area contributed by atoms with Gasteiger partial charge in [-0.2, -0.15) is 0 Å². The minimum absolute atomic E-state index is 1.14. The maximum Gasteiger partial charge on any atom is -0.00223 e. The highest BCUT2D eigenvalue weighted by atomic mass is 14.0. The third-order valence-corrected chi connectivity index (χ3v) is 1.98. The van der Waals surface area contributed by atoms with Crippen LogP contribution in [0.25, 0.3) is 0 Å². The van der Waals surface area contributed by atoms with Crippen molar-refractivity contribution in [3.05, 3.63) is 11.6 Å². The molecular formula is C10H14. The van der Waals surface area contributed by atoms with Gasteiger partial charge in [0.05, 0.1) is 0 Å². The van der Waals surface area contributed by atoms with E-state index in [2.05, 4.69) is 12.0 Å². The Hall–Kier alpha value is -0.700. The molecule has 0 spiro atoms. The normalized spacial score (nSPS) is 25.3. The van der Waals surface area contributed by atoms with E-state index in [9.17, 15) is 0 Å². The van der Waals surface area contributed by atoms with Crippen molar-refractivity contribution in [2.24, 2.45) is 0 Å². The van der Waals surface area contributed by atoms with Crippen molar-refractivity contribution in [2.45, 2.75) is 38.5 Å². The molecule has 54 valence electrons. The van der Waals surface area contributed by atoms with Crippen molar-refractivity contribution in [3.63, 3.8) is 0 Å². The van der Waals surface area contributed by atoms with E-state index in [0.29, 0.717) is 0 Å². The summed E-state index contributed by atoms with van der Waals surface area (Å²) in [5, 5.41) is 0. The van der Waals surface area contributed by atoms with Crippen LogP contribution in [0.3, 0.4) is 0 Å². The van der Waals surface area contributed by atoms with Crippen LogP contribution in [0.5, 0.6) is 0 Å². The molecule has 0 heteroatoms. The largest absolute Gasteiger partial charge is 0.115 e. The van der Waals surface area contributed by atoms with Crippen molar-refractivity contribution < 1.29 is 0 Å². The lowest BCUT2D eigenvalue weighted by molar-refractivity contribution is 0.631. The maximum absolute atomic E-state index is 5.31. The lowest BCUT2D eigenvalue weighted by Gasteiger charge is -2.05. The fraction of sp³-hybridized carbons (Fsp3) is 0.600. The molecule has 0 bridgehead atoms. The third kappa shape index (κ3) is 2.27. The summed E-state index contributed by atoms with van der Waals surface area (Å²) >= 11 is 0. The van der Waals surface area contributed by atoms with Gasteiger partial charge in [0, 0.05) is 0 Å². The van der Waals surface area contributed by atoms with E-state index in [-0.39, 0.29) is 0 Å². The van der Waals surface area contributed by atoms with Gasteiger partial charge < -0.3 is 0 Å². The zero-order valence-electron chi connectivity index (χ0n) is 6.40. The summed E-state index contributed by atoms with van der Waals surface area (Å²) in [6.45, 7) is 0. The molecule has 10 heavy (non-hydrogen) atoms. The van der Waals surface area contributed by atoms with Gasteiger partial charge in [-0.15, -0.1) is 6.42 Å². The molecule has 0 aromatic rings. The standard InChI is InChI=1S/C10H14/c1-2-10-8-6-4-3-5-7-9-10/h1,8H,3-7,9H2/b10-8-. The molecule has 0 aromatic heterocycles. The third-order valence-electron chi connectivity index (χ3n) is 1.98. The van der Waals surface area contributed by atoms with E-state index in [1.54, 1.807) is 0 Å². The van der Waals surface area contributed by atoms with Crippen molar-refractivity contribution >= 4 is 0 Å². The van der Waals surface area contributed by atoms with E-state index in [0.717, 1.165) is 6.42 Å². The second-order valence-corrected chi connectivity index (χ2v) is 2.83. The zero-order chi connectivity index (χ0) is 7.23. The number of hydrogen-bond acceptors (Lipinski definition) is 0. The molecule has 0 heterocycles. The van der Waals surface area contributed by atoms with Gasteiger partial charge in [0.1, 0.15) is 0 Å². The van der Waals surface area contributed by atoms with Crippen LogP contribution in [0.4, 0.5) is 0 Å². The first kappa shape index (κ1) is 7.41. The molecule has 0 nitrogen and oxygen atoms in total. The first-order valence-electron chi connectivity index (χ1n) is 4.09. The Morgan fingerprint density at radius 3 is 2.80 bits per heavy atom. The Labute approximate surface area is 63.3 Å². The first-order chi connectivity index (χ1) is 4.93. The van der Waals surface area contributed by atoms with E-state index < -0.39 is 0 Å². The average molecular weight is 134 g/mol. The highest BCUT2D eigenvalue weighted by Gasteiger charge is 1.97. The molecule has 1 rings (SSSR count). The molecule has 0 atom stereocenters. The van der Waals surface area contributed by atoms with Crippen LogP contribution in [-0.4, -0.2) is 0 Å². The van der Waals surface area contributed by atoms with Crippen LogP contribution in [0.15, 0.2) is 11.6 Å². The molecule has 0 saturated carbocycles. The Bertz CT molecular complexity index is 157. The van der Waals surface area contributed by atoms with E-state index >= 15 is 0 Å². The number of hydrogen-bond donors (Lipinski definition) is 0. The van der Waals surface area contributed by atoms with Gasteiger partial charge in [-0.3, -0.25) is 0 Å². The van der Waals surface area contributed by atoms with Gasteiger partial charge in [-0.25, -0.2) is 0 Å². The fourth-order valence-corrected chi connectivity index (χ4v) is 1.32. The average Bonchev–Trinajstić information content (AvgIpc) is 1.87. The Morgan fingerprint density at radius 1 is 1.20 bits per heavy atom. The lowest BCUT2D eigenvalue weighted by Crippen LogP contribution is -1.87. The second kappa shape index (κ2) is 4.17. The molecule has 0 saturated heterocycles. The Kier molecular flexibility index (Phi) is 3.09. The second-order valence-electron chi connectivity index (χ2n) is 2.83. The summed E-state index contributed by atoms with van der Waals surface area (Å²) < 4.78 is 0. The topological polar surface area (TPSA) is 0 Å². The highest BCUT2D eigenvalue weighted by molar-refractivity contribution is 5.25. The minimum atomic E-state index is 1.14. The molecule has 0 unspecified atom stereocenters. The van der Waals surface area contributed by atoms with Crippen LogP contribution in [0, 0.1) is 12.3 Å². The molecular weight excluding hydrogens is 120 g/mol. The maximum atomic E-state index is 5.31. The molecule has 1 aliphatic carbocycles. The Morgan fingerprint density at radius 2 is 2.00 bits per heavy atom. The van der Waals surface area contributed by atoms with E-state index in [1.807, 2.05) is 0 Å². The quantitative estimate of drug-likeness (QED) is 0.447. The van der Waals surface area contributed by atoms with Crippen molar-refractivity contribution in [2.75, 3.05) is 0 Å².